The van der Waals surface area contributed by atoms with Crippen LogP contribution in [0.4, 0.5) is 0 Å². The van der Waals surface area contributed by atoms with E-state index in [1.807, 2.05) is 45.9 Å². The summed E-state index contributed by atoms with van der Waals surface area (Å²) in [5.74, 6) is 0. The summed E-state index contributed by atoms with van der Waals surface area (Å²) in [4.78, 5) is 0.439. The largest absolute Gasteiger partial charge is 0.372 e. The van der Waals surface area contributed by atoms with Gasteiger partial charge in [-0.2, -0.15) is 4.31 Å². The molecule has 3 rings (SSSR count). The van der Waals surface area contributed by atoms with E-state index in [2.05, 4.69) is 12.1 Å². The summed E-state index contributed by atoms with van der Waals surface area (Å²) in [6, 6.07) is 10.2. The minimum atomic E-state index is -3.57. The van der Waals surface area contributed by atoms with Crippen LogP contribution in [0.2, 0.25) is 0 Å². The lowest BCUT2D eigenvalue weighted by atomic mass is 9.99. The maximum atomic E-state index is 13.3. The number of likely N-dealkylation sites (N-methyl/N-ethyl adjacent to an activating group) is 1. The predicted octanol–water partition coefficient (Wildman–Crippen LogP) is 3.68. The molecule has 1 unspecified atom stereocenters. The van der Waals surface area contributed by atoms with Crippen molar-refractivity contribution in [3.63, 3.8) is 0 Å². The third-order valence-corrected chi connectivity index (χ3v) is 7.56. The van der Waals surface area contributed by atoms with E-state index in [4.69, 9.17) is 4.74 Å². The summed E-state index contributed by atoms with van der Waals surface area (Å²) >= 11 is 0. The summed E-state index contributed by atoms with van der Waals surface area (Å²) in [5.41, 5.74) is 6.10. The van der Waals surface area contributed by atoms with Gasteiger partial charge in [-0.25, -0.2) is 8.42 Å². The van der Waals surface area contributed by atoms with Gasteiger partial charge in [0.2, 0.25) is 10.0 Å². The molecule has 0 amide bonds. The molecule has 0 spiro atoms. The Morgan fingerprint density at radius 3 is 2.23 bits per heavy atom. The first kappa shape index (κ1) is 19.1. The number of hydrogen-bond donors (Lipinski definition) is 0. The fourth-order valence-corrected chi connectivity index (χ4v) is 5.40. The van der Waals surface area contributed by atoms with Crippen molar-refractivity contribution in [1.82, 2.24) is 4.31 Å². The number of aryl methyl sites for hydroxylation is 2. The van der Waals surface area contributed by atoms with E-state index in [9.17, 15) is 8.42 Å². The Hall–Kier alpha value is -1.69. The van der Waals surface area contributed by atoms with E-state index in [1.165, 1.54) is 15.4 Å². The molecule has 26 heavy (non-hydrogen) atoms. The van der Waals surface area contributed by atoms with E-state index in [-0.39, 0.29) is 6.10 Å². The van der Waals surface area contributed by atoms with E-state index in [0.29, 0.717) is 18.0 Å². The van der Waals surface area contributed by atoms with Crippen molar-refractivity contribution in [2.24, 2.45) is 0 Å². The van der Waals surface area contributed by atoms with Crippen LogP contribution in [-0.4, -0.2) is 32.4 Å². The topological polar surface area (TPSA) is 46.6 Å². The molecule has 0 radical (unpaired) electrons. The van der Waals surface area contributed by atoms with Crippen LogP contribution in [-0.2, 0) is 27.8 Å². The SMILES string of the molecule is Cc1cc(C)c(C)c(S(=O)(=O)N(C)CC2Cc3ccccc3CO2)c1C. The van der Waals surface area contributed by atoms with Crippen molar-refractivity contribution >= 4 is 10.0 Å². The van der Waals surface area contributed by atoms with Gasteiger partial charge in [-0.15, -0.1) is 0 Å². The maximum absolute atomic E-state index is 13.3. The van der Waals surface area contributed by atoms with Crippen LogP contribution in [0.25, 0.3) is 0 Å². The Labute approximate surface area is 156 Å². The number of nitrogens with zero attached hydrogens (tertiary/aromatic N) is 1. The van der Waals surface area contributed by atoms with Crippen LogP contribution < -0.4 is 0 Å². The minimum Gasteiger partial charge on any atom is -0.372 e. The number of ether oxygens (including phenoxy) is 1. The molecular formula is C21H27NO3S. The molecule has 0 bridgehead atoms. The van der Waals surface area contributed by atoms with Crippen LogP contribution in [0.3, 0.4) is 0 Å². The summed E-state index contributed by atoms with van der Waals surface area (Å²) in [6.07, 6.45) is 0.608. The Morgan fingerprint density at radius 1 is 1.04 bits per heavy atom. The Bertz CT molecular complexity index is 908. The van der Waals surface area contributed by atoms with Gasteiger partial charge in [0.25, 0.3) is 0 Å². The van der Waals surface area contributed by atoms with Crippen molar-refractivity contribution in [2.75, 3.05) is 13.6 Å². The Kier molecular flexibility index (Phi) is 5.24. The Balaban J connectivity index is 1.86. The van der Waals surface area contributed by atoms with Gasteiger partial charge in [-0.3, -0.25) is 0 Å². The average Bonchev–Trinajstić information content (AvgIpc) is 2.60. The zero-order valence-corrected chi connectivity index (χ0v) is 17.0. The molecule has 1 heterocycles. The van der Waals surface area contributed by atoms with E-state index in [0.717, 1.165) is 28.7 Å². The van der Waals surface area contributed by atoms with Gasteiger partial charge in [-0.1, -0.05) is 30.3 Å². The number of rotatable bonds is 4. The van der Waals surface area contributed by atoms with Crippen LogP contribution >= 0.6 is 0 Å². The molecule has 0 aliphatic carbocycles. The van der Waals surface area contributed by atoms with Gasteiger partial charge in [0.1, 0.15) is 0 Å². The van der Waals surface area contributed by atoms with Crippen LogP contribution in [0.5, 0.6) is 0 Å². The summed E-state index contributed by atoms with van der Waals surface area (Å²) in [5, 5.41) is 0. The van der Waals surface area contributed by atoms with E-state index in [1.54, 1.807) is 7.05 Å². The van der Waals surface area contributed by atoms with Crippen LogP contribution in [0, 0.1) is 27.7 Å². The number of fused-ring (bicyclic) bond motifs is 1. The van der Waals surface area contributed by atoms with Gasteiger partial charge in [-0.05, 0) is 61.1 Å². The van der Waals surface area contributed by atoms with Gasteiger partial charge >= 0.3 is 0 Å². The van der Waals surface area contributed by atoms with Gasteiger partial charge in [0.05, 0.1) is 17.6 Å². The lowest BCUT2D eigenvalue weighted by Gasteiger charge is -2.29. The predicted molar refractivity (Wildman–Crippen MR) is 104 cm³/mol. The van der Waals surface area contributed by atoms with Crippen LogP contribution in [0.15, 0.2) is 35.2 Å². The number of sulfonamides is 1. The molecule has 5 heteroatoms. The second-order valence-corrected chi connectivity index (χ2v) is 9.26. The highest BCUT2D eigenvalue weighted by Gasteiger charge is 2.30. The monoisotopic (exact) mass is 373 g/mol. The highest BCUT2D eigenvalue weighted by atomic mass is 32.2. The molecule has 1 aliphatic heterocycles. The lowest BCUT2D eigenvalue weighted by molar-refractivity contribution is 0.0202. The zero-order valence-electron chi connectivity index (χ0n) is 16.2. The zero-order chi connectivity index (χ0) is 19.1. The van der Waals surface area contributed by atoms with Gasteiger partial charge in [0, 0.05) is 20.0 Å². The van der Waals surface area contributed by atoms with Gasteiger partial charge in [0.15, 0.2) is 0 Å². The van der Waals surface area contributed by atoms with E-state index < -0.39 is 10.0 Å². The molecular weight excluding hydrogens is 346 g/mol. The molecule has 1 atom stereocenters. The molecule has 140 valence electrons. The van der Waals surface area contributed by atoms with Crippen molar-refractivity contribution < 1.29 is 13.2 Å². The van der Waals surface area contributed by atoms with Crippen molar-refractivity contribution in [2.45, 2.75) is 51.7 Å². The van der Waals surface area contributed by atoms with Crippen molar-refractivity contribution in [1.29, 1.82) is 0 Å². The molecule has 0 saturated carbocycles. The third kappa shape index (κ3) is 3.43. The quantitative estimate of drug-likeness (QED) is 0.821. The third-order valence-electron chi connectivity index (χ3n) is 5.47. The normalized spacial score (nSPS) is 17.4. The molecule has 1 aliphatic rings. The first-order chi connectivity index (χ1) is 12.2. The lowest BCUT2D eigenvalue weighted by Crippen LogP contribution is -2.38. The second kappa shape index (κ2) is 7.14. The molecule has 0 N–H and O–H groups in total. The van der Waals surface area contributed by atoms with E-state index >= 15 is 0 Å². The number of hydrogen-bond acceptors (Lipinski definition) is 3. The van der Waals surface area contributed by atoms with Gasteiger partial charge < -0.3 is 4.74 Å². The summed E-state index contributed by atoms with van der Waals surface area (Å²) in [6.45, 7) is 8.58. The molecule has 0 fully saturated rings. The summed E-state index contributed by atoms with van der Waals surface area (Å²) < 4.78 is 33.9. The standard InChI is InChI=1S/C21H27NO3S/c1-14-10-15(2)17(4)21(16(14)3)26(23,24)22(5)12-20-11-18-8-6-7-9-19(18)13-25-20/h6-10,20H,11-13H2,1-5H3. The van der Waals surface area contributed by atoms with Crippen molar-refractivity contribution in [3.8, 4) is 0 Å². The van der Waals surface area contributed by atoms with Crippen molar-refractivity contribution in [3.05, 3.63) is 63.7 Å². The molecule has 0 saturated heterocycles. The minimum absolute atomic E-state index is 0.129. The van der Waals surface area contributed by atoms with Crippen LogP contribution in [0.1, 0.15) is 33.4 Å². The molecule has 2 aromatic rings. The fourth-order valence-electron chi connectivity index (χ4n) is 3.63. The smallest absolute Gasteiger partial charge is 0.243 e. The first-order valence-electron chi connectivity index (χ1n) is 8.94. The Morgan fingerprint density at radius 2 is 1.62 bits per heavy atom. The molecule has 0 aromatic heterocycles. The molecule has 2 aromatic carbocycles. The second-order valence-electron chi connectivity index (χ2n) is 7.28. The average molecular weight is 374 g/mol. The highest BCUT2D eigenvalue weighted by Crippen LogP contribution is 2.29. The molecule has 4 nitrogen and oxygen atoms in total. The maximum Gasteiger partial charge on any atom is 0.243 e. The summed E-state index contributed by atoms with van der Waals surface area (Å²) in [7, 11) is -1.92. The number of benzene rings is 2. The highest BCUT2D eigenvalue weighted by molar-refractivity contribution is 7.89. The first-order valence-corrected chi connectivity index (χ1v) is 10.4. The fraction of sp³-hybridized carbons (Fsp3) is 0.429.